The number of halogens is 1. The Morgan fingerprint density at radius 1 is 1.43 bits per heavy atom. The SMILES string of the molecule is Cl/C=C/CN1CCNc2ccccc21. The molecule has 0 aliphatic carbocycles. The molecule has 1 aliphatic rings. The molecular weight excluding hydrogens is 196 g/mol. The maximum Gasteiger partial charge on any atom is 0.0605 e. The zero-order valence-corrected chi connectivity index (χ0v) is 8.67. The first kappa shape index (κ1) is 9.41. The van der Waals surface area contributed by atoms with Crippen molar-refractivity contribution in [3.8, 4) is 0 Å². The number of fused-ring (bicyclic) bond motifs is 1. The molecule has 1 aromatic carbocycles. The minimum Gasteiger partial charge on any atom is -0.382 e. The number of nitrogens with zero attached hydrogens (tertiary/aromatic N) is 1. The van der Waals surface area contributed by atoms with E-state index in [4.69, 9.17) is 11.6 Å². The van der Waals surface area contributed by atoms with Gasteiger partial charge in [0, 0.05) is 25.2 Å². The lowest BCUT2D eigenvalue weighted by atomic mass is 10.2. The minimum atomic E-state index is 0.877. The van der Waals surface area contributed by atoms with Crippen molar-refractivity contribution in [3.63, 3.8) is 0 Å². The van der Waals surface area contributed by atoms with Gasteiger partial charge in [-0.3, -0.25) is 0 Å². The molecule has 0 spiro atoms. The highest BCUT2D eigenvalue weighted by molar-refractivity contribution is 6.25. The lowest BCUT2D eigenvalue weighted by molar-refractivity contribution is 0.844. The highest BCUT2D eigenvalue weighted by Gasteiger charge is 2.13. The molecule has 0 saturated carbocycles. The first-order chi connectivity index (χ1) is 6.92. The second-order valence-electron chi connectivity index (χ2n) is 3.25. The number of benzene rings is 1. The molecule has 1 aromatic rings. The fourth-order valence-electron chi connectivity index (χ4n) is 1.70. The third-order valence-electron chi connectivity index (χ3n) is 2.36. The zero-order chi connectivity index (χ0) is 9.80. The van der Waals surface area contributed by atoms with Gasteiger partial charge in [-0.2, -0.15) is 0 Å². The molecule has 14 heavy (non-hydrogen) atoms. The van der Waals surface area contributed by atoms with Crippen molar-refractivity contribution < 1.29 is 0 Å². The normalized spacial score (nSPS) is 15.4. The first-order valence-electron chi connectivity index (χ1n) is 4.75. The van der Waals surface area contributed by atoms with Gasteiger partial charge >= 0.3 is 0 Å². The van der Waals surface area contributed by atoms with E-state index in [9.17, 15) is 0 Å². The molecule has 2 nitrogen and oxygen atoms in total. The van der Waals surface area contributed by atoms with Crippen LogP contribution >= 0.6 is 11.6 Å². The molecular formula is C11H13ClN2. The molecule has 0 unspecified atom stereocenters. The van der Waals surface area contributed by atoms with Gasteiger partial charge in [-0.15, -0.1) is 0 Å². The van der Waals surface area contributed by atoms with E-state index in [1.165, 1.54) is 11.4 Å². The van der Waals surface area contributed by atoms with E-state index in [2.05, 4.69) is 28.4 Å². The predicted octanol–water partition coefficient (Wildman–Crippen LogP) is 2.67. The quantitative estimate of drug-likeness (QED) is 0.804. The van der Waals surface area contributed by atoms with Crippen LogP contribution in [0, 0.1) is 0 Å². The summed E-state index contributed by atoms with van der Waals surface area (Å²) in [5.74, 6) is 0. The van der Waals surface area contributed by atoms with E-state index in [-0.39, 0.29) is 0 Å². The number of hydrogen-bond acceptors (Lipinski definition) is 2. The summed E-state index contributed by atoms with van der Waals surface area (Å²) in [6.45, 7) is 2.90. The summed E-state index contributed by atoms with van der Waals surface area (Å²) in [4.78, 5) is 2.31. The molecule has 0 saturated heterocycles. The zero-order valence-electron chi connectivity index (χ0n) is 7.91. The Morgan fingerprint density at radius 3 is 3.14 bits per heavy atom. The van der Waals surface area contributed by atoms with Gasteiger partial charge < -0.3 is 10.2 Å². The van der Waals surface area contributed by atoms with Gasteiger partial charge in [0.2, 0.25) is 0 Å². The third-order valence-corrected chi connectivity index (χ3v) is 2.53. The Bertz CT molecular complexity index is 336. The summed E-state index contributed by atoms with van der Waals surface area (Å²) < 4.78 is 0. The molecule has 1 aliphatic heterocycles. The maximum absolute atomic E-state index is 5.52. The van der Waals surface area contributed by atoms with Crippen LogP contribution < -0.4 is 10.2 Å². The molecule has 2 rings (SSSR count). The molecule has 0 bridgehead atoms. The van der Waals surface area contributed by atoms with Crippen LogP contribution in [0.5, 0.6) is 0 Å². The van der Waals surface area contributed by atoms with Gasteiger partial charge in [0.15, 0.2) is 0 Å². The van der Waals surface area contributed by atoms with Crippen molar-refractivity contribution in [2.24, 2.45) is 0 Å². The molecule has 0 fully saturated rings. The summed E-state index contributed by atoms with van der Waals surface area (Å²) in [7, 11) is 0. The van der Waals surface area contributed by atoms with Crippen molar-refractivity contribution in [3.05, 3.63) is 35.9 Å². The van der Waals surface area contributed by atoms with Gasteiger partial charge in [-0.1, -0.05) is 29.8 Å². The third kappa shape index (κ3) is 1.85. The molecule has 1 N–H and O–H groups in total. The largest absolute Gasteiger partial charge is 0.382 e. The standard InChI is InChI=1S/C11H13ClN2/c12-6-3-8-14-9-7-13-10-4-1-2-5-11(10)14/h1-6,13H,7-9H2/b6-3+. The average molecular weight is 209 g/mol. The lowest BCUT2D eigenvalue weighted by Gasteiger charge is -2.31. The number of nitrogens with one attached hydrogen (secondary N) is 1. The summed E-state index contributed by atoms with van der Waals surface area (Å²) in [5, 5.41) is 3.37. The van der Waals surface area contributed by atoms with Gasteiger partial charge in [0.05, 0.1) is 11.4 Å². The van der Waals surface area contributed by atoms with E-state index >= 15 is 0 Å². The molecule has 0 aromatic heterocycles. The maximum atomic E-state index is 5.52. The number of para-hydroxylation sites is 2. The van der Waals surface area contributed by atoms with Crippen LogP contribution in [-0.4, -0.2) is 19.6 Å². The molecule has 0 atom stereocenters. The van der Waals surface area contributed by atoms with Crippen molar-refractivity contribution in [1.82, 2.24) is 0 Å². The van der Waals surface area contributed by atoms with Gasteiger partial charge in [-0.25, -0.2) is 0 Å². The topological polar surface area (TPSA) is 15.3 Å². The Labute approximate surface area is 89.2 Å². The summed E-state index contributed by atoms with van der Waals surface area (Å²) in [5.41, 5.74) is 4.04. The van der Waals surface area contributed by atoms with Crippen molar-refractivity contribution in [1.29, 1.82) is 0 Å². The van der Waals surface area contributed by atoms with Crippen LogP contribution in [-0.2, 0) is 0 Å². The van der Waals surface area contributed by atoms with Gasteiger partial charge in [0.25, 0.3) is 0 Å². The second kappa shape index (κ2) is 4.38. The van der Waals surface area contributed by atoms with E-state index in [1.54, 1.807) is 5.54 Å². The highest BCUT2D eigenvalue weighted by Crippen LogP contribution is 2.27. The Kier molecular flexibility index (Phi) is 2.94. The fraction of sp³-hybridized carbons (Fsp3) is 0.273. The van der Waals surface area contributed by atoms with E-state index in [0.29, 0.717) is 0 Å². The highest BCUT2D eigenvalue weighted by atomic mass is 35.5. The molecule has 3 heteroatoms. The Morgan fingerprint density at radius 2 is 2.29 bits per heavy atom. The van der Waals surface area contributed by atoms with E-state index in [0.717, 1.165) is 19.6 Å². The smallest absolute Gasteiger partial charge is 0.0605 e. The molecule has 1 heterocycles. The summed E-state index contributed by atoms with van der Waals surface area (Å²) >= 11 is 5.52. The Hall–Kier alpha value is -1.15. The number of anilines is 2. The molecule has 74 valence electrons. The molecule has 0 radical (unpaired) electrons. The summed E-state index contributed by atoms with van der Waals surface area (Å²) in [6, 6.07) is 8.34. The fourth-order valence-corrected chi connectivity index (χ4v) is 1.78. The van der Waals surface area contributed by atoms with Crippen LogP contribution in [0.1, 0.15) is 0 Å². The van der Waals surface area contributed by atoms with Crippen LogP contribution in [0.2, 0.25) is 0 Å². The number of hydrogen-bond donors (Lipinski definition) is 1. The second-order valence-corrected chi connectivity index (χ2v) is 3.50. The monoisotopic (exact) mass is 208 g/mol. The van der Waals surface area contributed by atoms with Crippen molar-refractivity contribution in [2.45, 2.75) is 0 Å². The summed E-state index contributed by atoms with van der Waals surface area (Å²) in [6.07, 6.45) is 1.96. The van der Waals surface area contributed by atoms with Gasteiger partial charge in [-0.05, 0) is 12.1 Å². The first-order valence-corrected chi connectivity index (χ1v) is 5.18. The van der Waals surface area contributed by atoms with Crippen LogP contribution in [0.25, 0.3) is 0 Å². The van der Waals surface area contributed by atoms with Crippen molar-refractivity contribution >= 4 is 23.0 Å². The minimum absolute atomic E-state index is 0.877. The van der Waals surface area contributed by atoms with Crippen molar-refractivity contribution in [2.75, 3.05) is 29.9 Å². The molecule has 0 amide bonds. The van der Waals surface area contributed by atoms with Crippen LogP contribution in [0.15, 0.2) is 35.9 Å². The van der Waals surface area contributed by atoms with Crippen LogP contribution in [0.4, 0.5) is 11.4 Å². The predicted molar refractivity (Wildman–Crippen MR) is 62.1 cm³/mol. The number of rotatable bonds is 2. The average Bonchev–Trinajstić information content (AvgIpc) is 2.26. The van der Waals surface area contributed by atoms with Gasteiger partial charge in [0.1, 0.15) is 0 Å². The van der Waals surface area contributed by atoms with E-state index < -0.39 is 0 Å². The Balaban J connectivity index is 2.22. The van der Waals surface area contributed by atoms with Crippen LogP contribution in [0.3, 0.4) is 0 Å². The lowest BCUT2D eigenvalue weighted by Crippen LogP contribution is -2.33. The van der Waals surface area contributed by atoms with E-state index in [1.807, 2.05) is 12.1 Å².